The predicted molar refractivity (Wildman–Crippen MR) is 103 cm³/mol. The van der Waals surface area contributed by atoms with Crippen LogP contribution < -0.4 is 5.32 Å². The zero-order chi connectivity index (χ0) is 15.8. The van der Waals surface area contributed by atoms with E-state index in [0.717, 1.165) is 32.0 Å². The van der Waals surface area contributed by atoms with Gasteiger partial charge in [0, 0.05) is 33.3 Å². The summed E-state index contributed by atoms with van der Waals surface area (Å²) in [7, 11) is 1.68. The maximum absolute atomic E-state index is 12.3. The fourth-order valence-corrected chi connectivity index (χ4v) is 3.53. The zero-order valence-corrected chi connectivity index (χ0v) is 16.8. The minimum absolute atomic E-state index is 0. The molecule has 0 saturated carbocycles. The molecule has 0 aromatic rings. The zero-order valence-electron chi connectivity index (χ0n) is 15.2. The number of nitrogens with zero attached hydrogens (tertiary/aromatic N) is 2. The lowest BCUT2D eigenvalue weighted by Gasteiger charge is -2.38. The highest BCUT2D eigenvalue weighted by Gasteiger charge is 2.26. The molecule has 1 N–H and O–H groups in total. The van der Waals surface area contributed by atoms with Gasteiger partial charge in [0.25, 0.3) is 0 Å². The molecule has 0 aliphatic carbocycles. The molecule has 24 heavy (non-hydrogen) atoms. The molecule has 7 heteroatoms. The van der Waals surface area contributed by atoms with Gasteiger partial charge in [0.2, 0.25) is 5.91 Å². The maximum Gasteiger partial charge on any atom is 0.236 e. The van der Waals surface area contributed by atoms with Crippen molar-refractivity contribution in [3.05, 3.63) is 0 Å². The smallest absolute Gasteiger partial charge is 0.236 e. The van der Waals surface area contributed by atoms with Gasteiger partial charge < -0.3 is 19.9 Å². The molecule has 1 amide bonds. The molecule has 0 aromatic heterocycles. The number of hydrogen-bond acceptors (Lipinski definition) is 4. The van der Waals surface area contributed by atoms with Crippen LogP contribution in [0, 0.1) is 11.8 Å². The van der Waals surface area contributed by atoms with Gasteiger partial charge in [-0.1, -0.05) is 6.92 Å². The normalized spacial score (nSPS) is 22.6. The fourth-order valence-electron chi connectivity index (χ4n) is 3.53. The summed E-state index contributed by atoms with van der Waals surface area (Å²) < 4.78 is 4.99. The number of carbonyl (C=O) groups excluding carboxylic acids is 1. The highest BCUT2D eigenvalue weighted by atomic mass is 35.5. The Morgan fingerprint density at radius 2 is 1.88 bits per heavy atom. The second-order valence-corrected chi connectivity index (χ2v) is 7.00. The molecular formula is C17H35Cl2N3O2. The van der Waals surface area contributed by atoms with Gasteiger partial charge in [0.1, 0.15) is 0 Å². The minimum Gasteiger partial charge on any atom is -0.383 e. The van der Waals surface area contributed by atoms with Crippen molar-refractivity contribution in [2.45, 2.75) is 32.6 Å². The van der Waals surface area contributed by atoms with Gasteiger partial charge in [0.15, 0.2) is 0 Å². The molecule has 0 radical (unpaired) electrons. The number of amides is 1. The monoisotopic (exact) mass is 383 g/mol. The third kappa shape index (κ3) is 8.34. The molecule has 2 fully saturated rings. The second-order valence-electron chi connectivity index (χ2n) is 7.00. The largest absolute Gasteiger partial charge is 0.383 e. The van der Waals surface area contributed by atoms with Gasteiger partial charge in [-0.2, -0.15) is 0 Å². The van der Waals surface area contributed by atoms with Crippen LogP contribution in [0.5, 0.6) is 0 Å². The van der Waals surface area contributed by atoms with E-state index in [1.807, 2.05) is 0 Å². The van der Waals surface area contributed by atoms with Gasteiger partial charge in [-0.25, -0.2) is 0 Å². The topological polar surface area (TPSA) is 44.8 Å². The van der Waals surface area contributed by atoms with E-state index in [0.29, 0.717) is 19.1 Å². The second kappa shape index (κ2) is 13.2. The summed E-state index contributed by atoms with van der Waals surface area (Å²) in [6.45, 7) is 9.72. The van der Waals surface area contributed by atoms with Crippen molar-refractivity contribution in [1.82, 2.24) is 15.1 Å². The number of ether oxygens (including phenoxy) is 1. The summed E-state index contributed by atoms with van der Waals surface area (Å²) >= 11 is 0. The summed E-state index contributed by atoms with van der Waals surface area (Å²) in [6.07, 6.45) is 5.09. The SMILES string of the molecule is COCCNCC(=O)N1CCCC(CN2CCC(C)CC2)C1.Cl.Cl. The van der Waals surface area contributed by atoms with Crippen molar-refractivity contribution in [3.8, 4) is 0 Å². The van der Waals surface area contributed by atoms with E-state index in [2.05, 4.69) is 22.0 Å². The number of halogens is 2. The Labute approximate surface area is 159 Å². The van der Waals surface area contributed by atoms with Crippen molar-refractivity contribution in [2.75, 3.05) is 59.5 Å². The molecule has 0 aromatic carbocycles. The molecule has 2 saturated heterocycles. The molecule has 0 bridgehead atoms. The van der Waals surface area contributed by atoms with Crippen LogP contribution in [0.15, 0.2) is 0 Å². The van der Waals surface area contributed by atoms with E-state index in [4.69, 9.17) is 4.74 Å². The van der Waals surface area contributed by atoms with Crippen LogP contribution in [0.25, 0.3) is 0 Å². The highest BCUT2D eigenvalue weighted by Crippen LogP contribution is 2.21. The fraction of sp³-hybridized carbons (Fsp3) is 0.941. The number of rotatable bonds is 7. The number of piperidine rings is 2. The quantitative estimate of drug-likeness (QED) is 0.683. The highest BCUT2D eigenvalue weighted by molar-refractivity contribution is 5.85. The third-order valence-electron chi connectivity index (χ3n) is 5.02. The van der Waals surface area contributed by atoms with E-state index in [-0.39, 0.29) is 30.7 Å². The van der Waals surface area contributed by atoms with Crippen LogP contribution in [0.3, 0.4) is 0 Å². The average Bonchev–Trinajstić information content (AvgIpc) is 2.54. The lowest BCUT2D eigenvalue weighted by molar-refractivity contribution is -0.132. The molecule has 2 heterocycles. The van der Waals surface area contributed by atoms with E-state index in [1.54, 1.807) is 7.11 Å². The number of hydrogen-bond donors (Lipinski definition) is 1. The first-order chi connectivity index (χ1) is 10.7. The Hall–Kier alpha value is -0.0700. The summed E-state index contributed by atoms with van der Waals surface area (Å²) in [6, 6.07) is 0. The number of likely N-dealkylation sites (tertiary alicyclic amines) is 2. The first-order valence-electron chi connectivity index (χ1n) is 8.89. The van der Waals surface area contributed by atoms with Crippen LogP contribution >= 0.6 is 24.8 Å². The summed E-state index contributed by atoms with van der Waals surface area (Å²) in [5, 5.41) is 3.16. The Balaban J connectivity index is 0.00000264. The van der Waals surface area contributed by atoms with Gasteiger partial charge in [-0.15, -0.1) is 24.8 Å². The van der Waals surface area contributed by atoms with Gasteiger partial charge >= 0.3 is 0 Å². The standard InChI is InChI=1S/C17H33N3O2.2ClH/c1-15-5-9-19(10-6-15)13-16-4-3-8-20(14-16)17(21)12-18-7-11-22-2;;/h15-16,18H,3-14H2,1-2H3;2*1H. The molecule has 5 nitrogen and oxygen atoms in total. The Morgan fingerprint density at radius 1 is 1.17 bits per heavy atom. The van der Waals surface area contributed by atoms with Crippen molar-refractivity contribution in [3.63, 3.8) is 0 Å². The molecule has 2 rings (SSSR count). The van der Waals surface area contributed by atoms with E-state index < -0.39 is 0 Å². The number of carbonyl (C=O) groups is 1. The predicted octanol–water partition coefficient (Wildman–Crippen LogP) is 2.04. The first kappa shape index (κ1) is 23.9. The average molecular weight is 384 g/mol. The minimum atomic E-state index is 0. The lowest BCUT2D eigenvalue weighted by atomic mass is 9.94. The molecule has 144 valence electrons. The van der Waals surface area contributed by atoms with E-state index in [1.165, 1.54) is 38.9 Å². The Bertz CT molecular complexity index is 340. The molecule has 1 unspecified atom stereocenters. The number of nitrogens with one attached hydrogen (secondary N) is 1. The lowest BCUT2D eigenvalue weighted by Crippen LogP contribution is -2.47. The molecule has 1 atom stereocenters. The molecule has 2 aliphatic heterocycles. The van der Waals surface area contributed by atoms with Crippen LogP contribution in [-0.2, 0) is 9.53 Å². The third-order valence-corrected chi connectivity index (χ3v) is 5.02. The Morgan fingerprint density at radius 3 is 2.54 bits per heavy atom. The van der Waals surface area contributed by atoms with Gasteiger partial charge in [0.05, 0.1) is 13.2 Å². The summed E-state index contributed by atoms with van der Waals surface area (Å²) in [5.41, 5.74) is 0. The summed E-state index contributed by atoms with van der Waals surface area (Å²) in [4.78, 5) is 16.9. The van der Waals surface area contributed by atoms with Gasteiger partial charge in [-0.3, -0.25) is 4.79 Å². The van der Waals surface area contributed by atoms with Crippen molar-refractivity contribution in [1.29, 1.82) is 0 Å². The van der Waals surface area contributed by atoms with Crippen LogP contribution in [0.1, 0.15) is 32.6 Å². The van der Waals surface area contributed by atoms with Crippen LogP contribution in [0.4, 0.5) is 0 Å². The van der Waals surface area contributed by atoms with Crippen LogP contribution in [0.2, 0.25) is 0 Å². The van der Waals surface area contributed by atoms with Crippen molar-refractivity contribution < 1.29 is 9.53 Å². The first-order valence-corrected chi connectivity index (χ1v) is 8.89. The van der Waals surface area contributed by atoms with Crippen LogP contribution in [-0.4, -0.2) is 75.2 Å². The Kier molecular flexibility index (Phi) is 13.1. The number of methoxy groups -OCH3 is 1. The van der Waals surface area contributed by atoms with E-state index in [9.17, 15) is 4.79 Å². The van der Waals surface area contributed by atoms with Crippen molar-refractivity contribution >= 4 is 30.7 Å². The molecular weight excluding hydrogens is 349 g/mol. The summed E-state index contributed by atoms with van der Waals surface area (Å²) in [5.74, 6) is 1.79. The van der Waals surface area contributed by atoms with Gasteiger partial charge in [-0.05, 0) is 50.6 Å². The van der Waals surface area contributed by atoms with E-state index >= 15 is 0 Å². The molecule has 2 aliphatic rings. The maximum atomic E-state index is 12.3. The molecule has 0 spiro atoms. The van der Waals surface area contributed by atoms with Crippen molar-refractivity contribution in [2.24, 2.45) is 11.8 Å².